The molecular formula is C46H76O12S. The second kappa shape index (κ2) is 35.8. The molecule has 1 rings (SSSR count). The zero-order chi connectivity index (χ0) is 43.4. The molecule has 1 aliphatic rings. The van der Waals surface area contributed by atoms with Crippen LogP contribution in [-0.2, 0) is 38.7 Å². The highest BCUT2D eigenvalue weighted by molar-refractivity contribution is 7.85. The van der Waals surface area contributed by atoms with Crippen molar-refractivity contribution in [2.75, 3.05) is 19.0 Å². The predicted molar refractivity (Wildman–Crippen MR) is 233 cm³/mol. The molecule has 0 spiro atoms. The molecule has 13 heteroatoms. The normalized spacial score (nSPS) is 20.9. The maximum Gasteiger partial charge on any atom is 0.306 e. The summed E-state index contributed by atoms with van der Waals surface area (Å²) >= 11 is 0. The lowest BCUT2D eigenvalue weighted by Gasteiger charge is -2.40. The van der Waals surface area contributed by atoms with Crippen LogP contribution in [0.25, 0.3) is 0 Å². The molecule has 12 nitrogen and oxygen atoms in total. The molecular weight excluding hydrogens is 777 g/mol. The average molecular weight is 853 g/mol. The van der Waals surface area contributed by atoms with Gasteiger partial charge in [0, 0.05) is 12.8 Å². The summed E-state index contributed by atoms with van der Waals surface area (Å²) in [5.41, 5.74) is 0. The van der Waals surface area contributed by atoms with E-state index in [-0.39, 0.29) is 19.4 Å². The number of unbranched alkanes of at least 4 members (excludes halogenated alkanes) is 11. The van der Waals surface area contributed by atoms with Crippen molar-refractivity contribution in [1.82, 2.24) is 0 Å². The Labute approximate surface area is 355 Å². The van der Waals surface area contributed by atoms with E-state index in [1.54, 1.807) is 0 Å². The van der Waals surface area contributed by atoms with Gasteiger partial charge in [-0.25, -0.2) is 0 Å². The predicted octanol–water partition coefficient (Wildman–Crippen LogP) is 8.72. The monoisotopic (exact) mass is 853 g/mol. The molecule has 1 saturated heterocycles. The average Bonchev–Trinajstić information content (AvgIpc) is 3.20. The van der Waals surface area contributed by atoms with E-state index in [4.69, 9.17) is 18.9 Å². The number of carbonyl (C=O) groups excluding carboxylic acids is 2. The van der Waals surface area contributed by atoms with Crippen LogP contribution in [0.2, 0.25) is 0 Å². The fourth-order valence-corrected chi connectivity index (χ4v) is 6.82. The van der Waals surface area contributed by atoms with Crippen LogP contribution in [0.1, 0.15) is 149 Å². The minimum absolute atomic E-state index is 0.0379. The van der Waals surface area contributed by atoms with Crippen molar-refractivity contribution in [3.05, 3.63) is 72.9 Å². The molecule has 0 aromatic rings. The first-order chi connectivity index (χ1) is 28.5. The summed E-state index contributed by atoms with van der Waals surface area (Å²) in [6.45, 7) is 3.54. The Hall–Kier alpha value is -2.91. The van der Waals surface area contributed by atoms with Crippen LogP contribution in [-0.4, -0.2) is 96.0 Å². The minimum atomic E-state index is -4.61. The maximum absolute atomic E-state index is 12.7. The largest absolute Gasteiger partial charge is 0.462 e. The van der Waals surface area contributed by atoms with Crippen molar-refractivity contribution >= 4 is 22.1 Å². The summed E-state index contributed by atoms with van der Waals surface area (Å²) in [6.07, 6.45) is 35.4. The first-order valence-electron chi connectivity index (χ1n) is 22.0. The quantitative estimate of drug-likeness (QED) is 0.0206. The van der Waals surface area contributed by atoms with E-state index >= 15 is 0 Å². The number of rotatable bonds is 35. The fourth-order valence-electron chi connectivity index (χ4n) is 6.13. The second-order valence-electron chi connectivity index (χ2n) is 15.0. The van der Waals surface area contributed by atoms with E-state index in [1.807, 2.05) is 18.2 Å². The summed E-state index contributed by atoms with van der Waals surface area (Å²) in [6, 6.07) is 0. The summed E-state index contributed by atoms with van der Waals surface area (Å²) < 4.78 is 53.9. The highest BCUT2D eigenvalue weighted by Crippen LogP contribution is 2.24. The Morgan fingerprint density at radius 1 is 0.593 bits per heavy atom. The summed E-state index contributed by atoms with van der Waals surface area (Å²) in [5.74, 6) is -2.11. The van der Waals surface area contributed by atoms with E-state index in [9.17, 15) is 37.9 Å². The van der Waals surface area contributed by atoms with E-state index in [0.717, 1.165) is 57.8 Å². The number of ether oxygens (including phenoxy) is 4. The van der Waals surface area contributed by atoms with Gasteiger partial charge in [-0.05, 0) is 70.6 Å². The lowest BCUT2D eigenvalue weighted by molar-refractivity contribution is -0.297. The van der Waals surface area contributed by atoms with E-state index in [0.29, 0.717) is 19.3 Å². The minimum Gasteiger partial charge on any atom is -0.462 e. The van der Waals surface area contributed by atoms with Gasteiger partial charge in [0.1, 0.15) is 36.8 Å². The molecule has 0 amide bonds. The van der Waals surface area contributed by atoms with Gasteiger partial charge >= 0.3 is 11.9 Å². The van der Waals surface area contributed by atoms with Crippen LogP contribution in [0, 0.1) is 0 Å². The van der Waals surface area contributed by atoms with Gasteiger partial charge in [-0.2, -0.15) is 8.42 Å². The Kier molecular flexibility index (Phi) is 32.8. The van der Waals surface area contributed by atoms with Crippen LogP contribution in [0.15, 0.2) is 72.9 Å². The molecule has 338 valence electrons. The van der Waals surface area contributed by atoms with Gasteiger partial charge in [-0.1, -0.05) is 138 Å². The van der Waals surface area contributed by atoms with Crippen molar-refractivity contribution in [1.29, 1.82) is 0 Å². The van der Waals surface area contributed by atoms with Crippen molar-refractivity contribution in [3.63, 3.8) is 0 Å². The first kappa shape index (κ1) is 54.1. The highest BCUT2D eigenvalue weighted by atomic mass is 32.2. The van der Waals surface area contributed by atoms with Gasteiger partial charge < -0.3 is 34.3 Å². The van der Waals surface area contributed by atoms with Gasteiger partial charge in [0.05, 0.1) is 6.61 Å². The highest BCUT2D eigenvalue weighted by Gasteiger charge is 2.46. The molecule has 4 N–H and O–H groups in total. The van der Waals surface area contributed by atoms with E-state index in [1.165, 1.54) is 44.9 Å². The molecule has 0 aromatic carbocycles. The third-order valence-electron chi connectivity index (χ3n) is 9.53. The van der Waals surface area contributed by atoms with E-state index < -0.39 is 71.2 Å². The van der Waals surface area contributed by atoms with Crippen molar-refractivity contribution < 1.29 is 56.8 Å². The number of aliphatic hydroxyl groups is 3. The summed E-state index contributed by atoms with van der Waals surface area (Å²) in [4.78, 5) is 25.3. The molecule has 6 unspecified atom stereocenters. The number of hydrogen-bond acceptors (Lipinski definition) is 11. The molecule has 1 fully saturated rings. The van der Waals surface area contributed by atoms with Crippen LogP contribution in [0.5, 0.6) is 0 Å². The Bertz CT molecular complexity index is 1370. The molecule has 1 heterocycles. The Morgan fingerprint density at radius 3 is 1.66 bits per heavy atom. The van der Waals surface area contributed by atoms with Gasteiger partial charge in [0.2, 0.25) is 0 Å². The SMILES string of the molecule is CC/C=C\C/C=C\C/C=C\C/C=C\CCC(=O)OC(COC(=O)CCCCCCCCC/C=C\C/C=C\CCCCCC)COC1OC(CS(=O)(=O)O)C(O)C(O)C1O. The molecule has 59 heavy (non-hydrogen) atoms. The number of allylic oxidation sites excluding steroid dienone is 12. The number of aliphatic hydroxyl groups excluding tert-OH is 3. The van der Waals surface area contributed by atoms with Crippen LogP contribution < -0.4 is 0 Å². The van der Waals surface area contributed by atoms with Gasteiger partial charge in [0.25, 0.3) is 10.1 Å². The van der Waals surface area contributed by atoms with Gasteiger partial charge in [-0.15, -0.1) is 0 Å². The summed E-state index contributed by atoms with van der Waals surface area (Å²) in [7, 11) is -4.61. The topological polar surface area (TPSA) is 186 Å². The third kappa shape index (κ3) is 30.7. The van der Waals surface area contributed by atoms with Gasteiger partial charge in [0.15, 0.2) is 12.4 Å². The molecule has 0 saturated carbocycles. The lowest BCUT2D eigenvalue weighted by Crippen LogP contribution is -2.60. The van der Waals surface area contributed by atoms with E-state index in [2.05, 4.69) is 68.5 Å². The smallest absolute Gasteiger partial charge is 0.306 e. The van der Waals surface area contributed by atoms with Crippen molar-refractivity contribution in [2.24, 2.45) is 0 Å². The zero-order valence-corrected chi connectivity index (χ0v) is 36.6. The molecule has 0 aliphatic carbocycles. The molecule has 6 atom stereocenters. The molecule has 1 aliphatic heterocycles. The van der Waals surface area contributed by atoms with Crippen LogP contribution >= 0.6 is 0 Å². The van der Waals surface area contributed by atoms with Crippen molar-refractivity contribution in [3.8, 4) is 0 Å². The summed E-state index contributed by atoms with van der Waals surface area (Å²) in [5, 5.41) is 30.8. The third-order valence-corrected chi connectivity index (χ3v) is 10.3. The fraction of sp³-hybridized carbons (Fsp3) is 0.696. The Balaban J connectivity index is 2.49. The molecule has 0 bridgehead atoms. The second-order valence-corrected chi connectivity index (χ2v) is 16.5. The molecule has 0 aromatic heterocycles. The van der Waals surface area contributed by atoms with Crippen LogP contribution in [0.3, 0.4) is 0 Å². The first-order valence-corrected chi connectivity index (χ1v) is 23.6. The lowest BCUT2D eigenvalue weighted by atomic mass is 10.00. The zero-order valence-electron chi connectivity index (χ0n) is 35.8. The number of hydrogen-bond donors (Lipinski definition) is 4. The standard InChI is InChI=1S/C46H76O12S/c1-3-5-7-9-11-13-15-17-18-19-20-21-23-24-26-28-30-32-34-41(47)55-36-39(37-56-46-45(51)44(50)43(49)40(58-46)38-59(52,53)54)57-42(48)35-33-31-29-27-25-22-16-14-12-10-8-6-4-2/h6,8,12-15,18-19,22,25,29,31,39-40,43-46,49-51H,3-5,7,9-11,16-17,20-21,23-24,26-28,30,32-38H2,1-2H3,(H,52,53,54)/b8-6-,14-12-,15-13-,19-18-,25-22-,31-29-. The van der Waals surface area contributed by atoms with Gasteiger partial charge in [-0.3, -0.25) is 14.1 Å². The maximum atomic E-state index is 12.7. The van der Waals surface area contributed by atoms with Crippen molar-refractivity contribution in [2.45, 2.75) is 185 Å². The number of esters is 2. The number of carbonyl (C=O) groups is 2. The van der Waals surface area contributed by atoms with Crippen LogP contribution in [0.4, 0.5) is 0 Å². The Morgan fingerprint density at radius 2 is 1.10 bits per heavy atom. The molecule has 0 radical (unpaired) electrons.